The molecule has 0 unspecified atom stereocenters. The lowest BCUT2D eigenvalue weighted by molar-refractivity contribution is 0.415. The SMILES string of the molecule is COc1cccc(-c2cncc3c2NC=C(c2n[nH]c4ccc(-c5cnccc5C)nc24)N3)c1. The van der Waals surface area contributed by atoms with Crippen LogP contribution in [0.2, 0.25) is 0 Å². The second-order valence-electron chi connectivity index (χ2n) is 8.02. The Hall–Kier alpha value is -4.72. The molecule has 4 aromatic heterocycles. The van der Waals surface area contributed by atoms with Gasteiger partial charge in [0.2, 0.25) is 0 Å². The van der Waals surface area contributed by atoms with Gasteiger partial charge in [0.05, 0.1) is 41.6 Å². The molecule has 1 aliphatic rings. The summed E-state index contributed by atoms with van der Waals surface area (Å²) < 4.78 is 5.39. The van der Waals surface area contributed by atoms with Crippen LogP contribution in [0.1, 0.15) is 11.3 Å². The quantitative estimate of drug-likeness (QED) is 0.347. The number of aryl methyl sites for hydroxylation is 1. The van der Waals surface area contributed by atoms with Crippen LogP contribution in [0.4, 0.5) is 11.4 Å². The van der Waals surface area contributed by atoms with E-state index in [1.165, 1.54) is 0 Å². The van der Waals surface area contributed by atoms with E-state index < -0.39 is 0 Å². The summed E-state index contributed by atoms with van der Waals surface area (Å²) in [4.78, 5) is 13.6. The predicted molar refractivity (Wildman–Crippen MR) is 133 cm³/mol. The van der Waals surface area contributed by atoms with Crippen LogP contribution in [0.15, 0.2) is 73.5 Å². The molecule has 0 atom stereocenters. The molecular formula is C26H21N7O. The molecule has 5 heterocycles. The summed E-state index contributed by atoms with van der Waals surface area (Å²) in [6.07, 6.45) is 9.17. The van der Waals surface area contributed by atoms with Gasteiger partial charge in [0.25, 0.3) is 0 Å². The van der Waals surface area contributed by atoms with Crippen LogP contribution in [0, 0.1) is 6.92 Å². The number of benzene rings is 1. The zero-order chi connectivity index (χ0) is 23.1. The number of aromatic nitrogens is 5. The van der Waals surface area contributed by atoms with E-state index in [-0.39, 0.29) is 0 Å². The van der Waals surface area contributed by atoms with Gasteiger partial charge in [-0.1, -0.05) is 12.1 Å². The average molecular weight is 448 g/mol. The highest BCUT2D eigenvalue weighted by Crippen LogP contribution is 2.39. The van der Waals surface area contributed by atoms with Crippen LogP contribution in [0.5, 0.6) is 5.75 Å². The minimum absolute atomic E-state index is 0.725. The number of methoxy groups -OCH3 is 1. The first kappa shape index (κ1) is 19.9. The number of H-pyrrole nitrogens is 1. The number of aromatic amines is 1. The topological polar surface area (TPSA) is 101 Å². The maximum atomic E-state index is 5.39. The first-order valence-electron chi connectivity index (χ1n) is 10.8. The average Bonchev–Trinajstić information content (AvgIpc) is 3.31. The summed E-state index contributed by atoms with van der Waals surface area (Å²) in [5.41, 5.74) is 9.91. The number of anilines is 2. The third kappa shape index (κ3) is 3.32. The summed E-state index contributed by atoms with van der Waals surface area (Å²) in [5.74, 6) is 0.795. The fraction of sp³-hybridized carbons (Fsp3) is 0.0769. The maximum Gasteiger partial charge on any atom is 0.136 e. The molecule has 166 valence electrons. The molecule has 0 spiro atoms. The number of rotatable bonds is 4. The lowest BCUT2D eigenvalue weighted by atomic mass is 10.0. The summed E-state index contributed by atoms with van der Waals surface area (Å²) in [6.45, 7) is 2.05. The van der Waals surface area contributed by atoms with E-state index in [4.69, 9.17) is 9.72 Å². The Balaban J connectivity index is 1.39. The van der Waals surface area contributed by atoms with Crippen LogP contribution in [-0.2, 0) is 0 Å². The molecular weight excluding hydrogens is 426 g/mol. The van der Waals surface area contributed by atoms with Gasteiger partial charge in [-0.05, 0) is 48.4 Å². The van der Waals surface area contributed by atoms with E-state index in [0.717, 1.165) is 67.5 Å². The molecule has 0 radical (unpaired) electrons. The summed E-state index contributed by atoms with van der Waals surface area (Å²) in [5, 5.41) is 14.5. The van der Waals surface area contributed by atoms with Crippen LogP contribution in [0.25, 0.3) is 39.1 Å². The van der Waals surface area contributed by atoms with Crippen molar-refractivity contribution >= 4 is 28.1 Å². The van der Waals surface area contributed by atoms with Crippen molar-refractivity contribution in [3.63, 3.8) is 0 Å². The van der Waals surface area contributed by atoms with Crippen molar-refractivity contribution in [2.24, 2.45) is 0 Å². The molecule has 0 aliphatic carbocycles. The Labute approximate surface area is 195 Å². The molecule has 8 heteroatoms. The van der Waals surface area contributed by atoms with Gasteiger partial charge in [-0.2, -0.15) is 5.10 Å². The maximum absolute atomic E-state index is 5.39. The van der Waals surface area contributed by atoms with Crippen LogP contribution < -0.4 is 15.4 Å². The monoisotopic (exact) mass is 447 g/mol. The minimum Gasteiger partial charge on any atom is -0.497 e. The van der Waals surface area contributed by atoms with E-state index in [1.54, 1.807) is 19.5 Å². The van der Waals surface area contributed by atoms with Crippen LogP contribution in [0.3, 0.4) is 0 Å². The number of pyridine rings is 3. The fourth-order valence-corrected chi connectivity index (χ4v) is 4.14. The molecule has 1 aliphatic heterocycles. The third-order valence-electron chi connectivity index (χ3n) is 5.93. The van der Waals surface area contributed by atoms with E-state index in [0.29, 0.717) is 0 Å². The number of fused-ring (bicyclic) bond motifs is 2. The Bertz CT molecular complexity index is 1570. The van der Waals surface area contributed by atoms with E-state index in [2.05, 4.69) is 37.7 Å². The predicted octanol–water partition coefficient (Wildman–Crippen LogP) is 5.23. The summed E-state index contributed by atoms with van der Waals surface area (Å²) in [6, 6.07) is 13.9. The highest BCUT2D eigenvalue weighted by Gasteiger charge is 2.20. The Kier molecular flexibility index (Phi) is 4.69. The van der Waals surface area contributed by atoms with E-state index >= 15 is 0 Å². The molecule has 0 amide bonds. The molecule has 0 saturated heterocycles. The largest absolute Gasteiger partial charge is 0.497 e. The third-order valence-corrected chi connectivity index (χ3v) is 5.93. The summed E-state index contributed by atoms with van der Waals surface area (Å²) >= 11 is 0. The van der Waals surface area contributed by atoms with Gasteiger partial charge < -0.3 is 15.4 Å². The zero-order valence-corrected chi connectivity index (χ0v) is 18.6. The normalized spacial score (nSPS) is 12.5. The van der Waals surface area contributed by atoms with Gasteiger partial charge in [-0.25, -0.2) is 4.98 Å². The first-order chi connectivity index (χ1) is 16.7. The van der Waals surface area contributed by atoms with Gasteiger partial charge >= 0.3 is 0 Å². The van der Waals surface area contributed by atoms with Crippen molar-refractivity contribution in [1.82, 2.24) is 25.1 Å². The highest BCUT2D eigenvalue weighted by atomic mass is 16.5. The standard InChI is InChI=1S/C26H21N7O/c1-15-8-9-27-11-18(15)20-6-7-21-25(31-20)26(33-32-21)23-14-29-24-19(12-28-13-22(24)30-23)16-4-3-5-17(10-16)34-2/h3-14,29-30H,1-2H3,(H,32,33). The lowest BCUT2D eigenvalue weighted by Crippen LogP contribution is -2.11. The van der Waals surface area contributed by atoms with Crippen LogP contribution >= 0.6 is 0 Å². The van der Waals surface area contributed by atoms with Gasteiger partial charge in [-0.3, -0.25) is 15.1 Å². The molecule has 1 aromatic carbocycles. The molecule has 0 saturated carbocycles. The van der Waals surface area contributed by atoms with Crippen LogP contribution in [-0.4, -0.2) is 32.3 Å². The second kappa shape index (κ2) is 8.00. The summed E-state index contributed by atoms with van der Waals surface area (Å²) in [7, 11) is 1.66. The second-order valence-corrected chi connectivity index (χ2v) is 8.02. The molecule has 0 bridgehead atoms. The molecule has 0 fully saturated rings. The Morgan fingerprint density at radius 2 is 1.85 bits per heavy atom. The smallest absolute Gasteiger partial charge is 0.136 e. The number of ether oxygens (including phenoxy) is 1. The van der Waals surface area contributed by atoms with Crippen molar-refractivity contribution in [1.29, 1.82) is 0 Å². The molecule has 5 aromatic rings. The number of nitrogens with one attached hydrogen (secondary N) is 3. The number of nitrogens with zero attached hydrogens (tertiary/aromatic N) is 4. The Morgan fingerprint density at radius 3 is 2.74 bits per heavy atom. The van der Waals surface area contributed by atoms with Crippen molar-refractivity contribution in [3.05, 3.63) is 84.7 Å². The van der Waals surface area contributed by atoms with Crippen molar-refractivity contribution < 1.29 is 4.74 Å². The number of hydrogen-bond donors (Lipinski definition) is 3. The minimum atomic E-state index is 0.725. The van der Waals surface area contributed by atoms with Gasteiger partial charge in [0.1, 0.15) is 17.0 Å². The molecule has 6 rings (SSSR count). The van der Waals surface area contributed by atoms with Crippen molar-refractivity contribution in [2.45, 2.75) is 6.92 Å². The van der Waals surface area contributed by atoms with Gasteiger partial charge in [0.15, 0.2) is 0 Å². The molecule has 3 N–H and O–H groups in total. The first-order valence-corrected chi connectivity index (χ1v) is 10.8. The number of hydrogen-bond acceptors (Lipinski definition) is 7. The molecule has 34 heavy (non-hydrogen) atoms. The van der Waals surface area contributed by atoms with E-state index in [1.807, 2.05) is 61.1 Å². The highest BCUT2D eigenvalue weighted by molar-refractivity contribution is 5.98. The van der Waals surface area contributed by atoms with Crippen molar-refractivity contribution in [2.75, 3.05) is 17.7 Å². The van der Waals surface area contributed by atoms with Gasteiger partial charge in [-0.15, -0.1) is 0 Å². The zero-order valence-electron chi connectivity index (χ0n) is 18.6. The van der Waals surface area contributed by atoms with Crippen molar-refractivity contribution in [3.8, 4) is 28.1 Å². The lowest BCUT2D eigenvalue weighted by Gasteiger charge is -2.22. The van der Waals surface area contributed by atoms with Gasteiger partial charge in [0, 0.05) is 35.9 Å². The van der Waals surface area contributed by atoms with E-state index in [9.17, 15) is 0 Å². The Morgan fingerprint density at radius 1 is 0.941 bits per heavy atom. The molecule has 8 nitrogen and oxygen atoms in total. The fourth-order valence-electron chi connectivity index (χ4n) is 4.14.